The number of amides is 1. The normalized spacial score (nSPS) is 13.7. The van der Waals surface area contributed by atoms with E-state index in [1.807, 2.05) is 61.5 Å². The van der Waals surface area contributed by atoms with Crippen molar-refractivity contribution < 1.29 is 9.63 Å². The fourth-order valence-corrected chi connectivity index (χ4v) is 2.77. The molecule has 3 rings (SSSR count). The van der Waals surface area contributed by atoms with E-state index < -0.39 is 0 Å². The molecule has 2 aromatic rings. The first kappa shape index (κ1) is 14.7. The maximum absolute atomic E-state index is 12.3. The minimum Gasteiger partial charge on any atom is -0.391 e. The molecule has 0 unspecified atom stereocenters. The van der Waals surface area contributed by atoms with Gasteiger partial charge in [-0.25, -0.2) is 5.01 Å². The van der Waals surface area contributed by atoms with Gasteiger partial charge in [-0.05, 0) is 31.2 Å². The van der Waals surface area contributed by atoms with Gasteiger partial charge in [0, 0.05) is 10.5 Å². The van der Waals surface area contributed by atoms with Crippen LogP contribution in [0.2, 0.25) is 0 Å². The number of hydrogen-bond acceptors (Lipinski definition) is 4. The number of nitrogens with zero attached hydrogens (tertiary/aromatic N) is 1. The summed E-state index contributed by atoms with van der Waals surface area (Å²) in [4.78, 5) is 18.8. The lowest BCUT2D eigenvalue weighted by molar-refractivity contribution is 0.0208. The van der Waals surface area contributed by atoms with Crippen LogP contribution >= 0.6 is 11.8 Å². The smallest absolute Gasteiger partial charge is 0.274 e. The van der Waals surface area contributed by atoms with Gasteiger partial charge in [0.05, 0.1) is 12.0 Å². The SMILES string of the molecule is Cc1ccc(C(=O)N2C=C(CSc3ccccc3)ON2)cc1. The van der Waals surface area contributed by atoms with Gasteiger partial charge >= 0.3 is 0 Å². The number of rotatable bonds is 4. The molecule has 112 valence electrons. The molecule has 1 heterocycles. The Morgan fingerprint density at radius 2 is 1.86 bits per heavy atom. The van der Waals surface area contributed by atoms with Crippen molar-refractivity contribution in [3.63, 3.8) is 0 Å². The first-order valence-corrected chi connectivity index (χ1v) is 7.92. The van der Waals surface area contributed by atoms with Crippen LogP contribution in [-0.4, -0.2) is 16.7 Å². The van der Waals surface area contributed by atoms with Crippen molar-refractivity contribution in [1.82, 2.24) is 10.6 Å². The Morgan fingerprint density at radius 3 is 2.59 bits per heavy atom. The third-order valence-electron chi connectivity index (χ3n) is 3.19. The molecular weight excluding hydrogens is 296 g/mol. The molecule has 0 spiro atoms. The number of hydrazine groups is 1. The summed E-state index contributed by atoms with van der Waals surface area (Å²) in [5, 5.41) is 1.37. The summed E-state index contributed by atoms with van der Waals surface area (Å²) in [6.45, 7) is 1.99. The van der Waals surface area contributed by atoms with E-state index in [1.54, 1.807) is 18.0 Å². The molecule has 0 fully saturated rings. The second-order valence-electron chi connectivity index (χ2n) is 4.93. The highest BCUT2D eigenvalue weighted by atomic mass is 32.2. The van der Waals surface area contributed by atoms with E-state index >= 15 is 0 Å². The van der Waals surface area contributed by atoms with Crippen molar-refractivity contribution in [2.45, 2.75) is 11.8 Å². The van der Waals surface area contributed by atoms with Crippen molar-refractivity contribution in [3.8, 4) is 0 Å². The third-order valence-corrected chi connectivity index (χ3v) is 4.22. The predicted molar refractivity (Wildman–Crippen MR) is 86.8 cm³/mol. The summed E-state index contributed by atoms with van der Waals surface area (Å²) in [7, 11) is 0. The highest BCUT2D eigenvalue weighted by Gasteiger charge is 2.21. The Hall–Kier alpha value is -2.24. The van der Waals surface area contributed by atoms with Crippen LogP contribution in [0, 0.1) is 6.92 Å². The molecule has 0 saturated heterocycles. The molecule has 0 radical (unpaired) electrons. The molecule has 22 heavy (non-hydrogen) atoms. The Balaban J connectivity index is 1.61. The quantitative estimate of drug-likeness (QED) is 0.877. The number of carbonyl (C=O) groups is 1. The molecule has 4 nitrogen and oxygen atoms in total. The number of benzene rings is 2. The average molecular weight is 312 g/mol. The van der Waals surface area contributed by atoms with Gasteiger partial charge in [-0.2, -0.15) is 0 Å². The summed E-state index contributed by atoms with van der Waals surface area (Å²) < 4.78 is 0. The first-order chi connectivity index (χ1) is 10.7. The van der Waals surface area contributed by atoms with Gasteiger partial charge in [-0.1, -0.05) is 41.5 Å². The van der Waals surface area contributed by atoms with Crippen LogP contribution in [0.1, 0.15) is 15.9 Å². The van der Waals surface area contributed by atoms with Gasteiger partial charge in [0.25, 0.3) is 5.91 Å². The van der Waals surface area contributed by atoms with Crippen molar-refractivity contribution in [2.75, 3.05) is 5.75 Å². The maximum atomic E-state index is 12.3. The summed E-state index contributed by atoms with van der Waals surface area (Å²) in [6, 6.07) is 17.5. The van der Waals surface area contributed by atoms with E-state index in [-0.39, 0.29) is 5.91 Å². The molecule has 0 aromatic heterocycles. The minimum atomic E-state index is -0.139. The second kappa shape index (κ2) is 6.68. The number of aryl methyl sites for hydroxylation is 1. The Morgan fingerprint density at radius 1 is 1.14 bits per heavy atom. The topological polar surface area (TPSA) is 41.6 Å². The molecule has 1 N–H and O–H groups in total. The van der Waals surface area contributed by atoms with Crippen molar-refractivity contribution in [1.29, 1.82) is 0 Å². The van der Waals surface area contributed by atoms with Crippen molar-refractivity contribution in [3.05, 3.63) is 77.7 Å². The highest BCUT2D eigenvalue weighted by molar-refractivity contribution is 7.99. The van der Waals surface area contributed by atoms with E-state index in [0.29, 0.717) is 17.1 Å². The summed E-state index contributed by atoms with van der Waals surface area (Å²) in [5.41, 5.74) is 4.38. The lowest BCUT2D eigenvalue weighted by Crippen LogP contribution is -2.33. The molecule has 1 aliphatic heterocycles. The molecule has 1 amide bonds. The lowest BCUT2D eigenvalue weighted by Gasteiger charge is -2.11. The number of carbonyl (C=O) groups excluding carboxylic acids is 1. The summed E-state index contributed by atoms with van der Waals surface area (Å²) in [6.07, 6.45) is 1.69. The van der Waals surface area contributed by atoms with Crippen LogP contribution in [0.4, 0.5) is 0 Å². The van der Waals surface area contributed by atoms with Crippen molar-refractivity contribution >= 4 is 17.7 Å². The first-order valence-electron chi connectivity index (χ1n) is 6.93. The van der Waals surface area contributed by atoms with Gasteiger partial charge in [-0.3, -0.25) is 4.79 Å². The molecule has 5 heteroatoms. The largest absolute Gasteiger partial charge is 0.391 e. The van der Waals surface area contributed by atoms with Gasteiger partial charge in [0.15, 0.2) is 5.76 Å². The zero-order chi connectivity index (χ0) is 15.4. The zero-order valence-electron chi connectivity index (χ0n) is 12.2. The Bertz CT molecular complexity index is 684. The van der Waals surface area contributed by atoms with E-state index in [4.69, 9.17) is 4.84 Å². The maximum Gasteiger partial charge on any atom is 0.274 e. The number of nitrogens with one attached hydrogen (secondary N) is 1. The molecule has 0 aliphatic carbocycles. The van der Waals surface area contributed by atoms with Crippen LogP contribution in [0.15, 0.2) is 71.5 Å². The molecular formula is C17H16N2O2S. The standard InChI is InChI=1S/C17H16N2O2S/c1-13-7-9-14(10-8-13)17(20)19-11-15(21-18-19)12-22-16-5-3-2-4-6-16/h2-11,18H,12H2,1H3. The van der Waals surface area contributed by atoms with Crippen LogP contribution in [0.25, 0.3) is 0 Å². The monoisotopic (exact) mass is 312 g/mol. The Labute approximate surface area is 133 Å². The van der Waals surface area contributed by atoms with E-state index in [0.717, 1.165) is 10.5 Å². The van der Waals surface area contributed by atoms with Crippen LogP contribution < -0.4 is 5.59 Å². The number of thioether (sulfide) groups is 1. The van der Waals surface area contributed by atoms with Crippen molar-refractivity contribution in [2.24, 2.45) is 0 Å². The zero-order valence-corrected chi connectivity index (χ0v) is 13.0. The van der Waals surface area contributed by atoms with Gasteiger partial charge in [0.2, 0.25) is 0 Å². The molecule has 0 bridgehead atoms. The molecule has 0 saturated carbocycles. The highest BCUT2D eigenvalue weighted by Crippen LogP contribution is 2.22. The van der Waals surface area contributed by atoms with Crippen LogP contribution in [0.3, 0.4) is 0 Å². The second-order valence-corrected chi connectivity index (χ2v) is 5.98. The van der Waals surface area contributed by atoms with Crippen LogP contribution in [0.5, 0.6) is 0 Å². The lowest BCUT2D eigenvalue weighted by atomic mass is 10.1. The Kier molecular flexibility index (Phi) is 4.46. The minimum absolute atomic E-state index is 0.139. The van der Waals surface area contributed by atoms with Crippen LogP contribution in [-0.2, 0) is 4.84 Å². The summed E-state index contributed by atoms with van der Waals surface area (Å²) in [5.74, 6) is 1.24. The fourth-order valence-electron chi connectivity index (χ4n) is 1.98. The van der Waals surface area contributed by atoms with Gasteiger partial charge in [0.1, 0.15) is 0 Å². The molecule has 1 aliphatic rings. The number of hydrogen-bond donors (Lipinski definition) is 1. The predicted octanol–water partition coefficient (Wildman–Crippen LogP) is 3.52. The van der Waals surface area contributed by atoms with E-state index in [9.17, 15) is 4.79 Å². The molecule has 0 atom stereocenters. The van der Waals surface area contributed by atoms with Gasteiger partial charge in [-0.15, -0.1) is 11.8 Å². The molecule has 2 aromatic carbocycles. The summed E-state index contributed by atoms with van der Waals surface area (Å²) >= 11 is 1.66. The van der Waals surface area contributed by atoms with E-state index in [1.165, 1.54) is 5.01 Å². The average Bonchev–Trinajstić information content (AvgIpc) is 3.03. The van der Waals surface area contributed by atoms with Gasteiger partial charge < -0.3 is 4.84 Å². The fraction of sp³-hybridized carbons (Fsp3) is 0.118. The third kappa shape index (κ3) is 3.50. The van der Waals surface area contributed by atoms with E-state index in [2.05, 4.69) is 5.59 Å².